The fourth-order valence-electron chi connectivity index (χ4n) is 4.93. The smallest absolute Gasteiger partial charge is 0.274 e. The van der Waals surface area contributed by atoms with E-state index in [-0.39, 0.29) is 0 Å². The van der Waals surface area contributed by atoms with Crippen molar-refractivity contribution in [2.24, 2.45) is 0 Å². The number of ether oxygens (including phenoxy) is 1. The zero-order chi connectivity index (χ0) is 26.2. The van der Waals surface area contributed by atoms with E-state index < -0.39 is 5.91 Å². The highest BCUT2D eigenvalue weighted by Gasteiger charge is 2.22. The van der Waals surface area contributed by atoms with Crippen LogP contribution in [-0.2, 0) is 6.54 Å². The number of nitrogens with zero attached hydrogens (tertiary/aromatic N) is 1. The molecule has 0 aromatic heterocycles. The van der Waals surface area contributed by atoms with E-state index in [9.17, 15) is 4.79 Å². The van der Waals surface area contributed by atoms with Gasteiger partial charge in [0.05, 0.1) is 0 Å². The fourth-order valence-corrected chi connectivity index (χ4v) is 4.93. The van der Waals surface area contributed by atoms with E-state index in [0.29, 0.717) is 24.8 Å². The molecule has 5 rings (SSSR count). The maximum absolute atomic E-state index is 11.7. The Hall–Kier alpha value is -3.97. The second kappa shape index (κ2) is 12.5. The van der Waals surface area contributed by atoms with Crippen molar-refractivity contribution in [3.63, 3.8) is 0 Å². The van der Waals surface area contributed by atoms with Crippen molar-refractivity contribution < 1.29 is 14.7 Å². The lowest BCUT2D eigenvalue weighted by molar-refractivity contribution is 0.0706. The van der Waals surface area contributed by atoms with Crippen LogP contribution >= 0.6 is 0 Å². The van der Waals surface area contributed by atoms with E-state index >= 15 is 0 Å². The first-order valence-electron chi connectivity index (χ1n) is 13.0. The van der Waals surface area contributed by atoms with Crippen molar-refractivity contribution in [2.45, 2.75) is 19.0 Å². The molecule has 1 saturated heterocycles. The minimum Gasteiger partial charge on any atom is -0.489 e. The summed E-state index contributed by atoms with van der Waals surface area (Å²) in [5.74, 6) is 0.335. The Morgan fingerprint density at radius 3 is 2.53 bits per heavy atom. The van der Waals surface area contributed by atoms with Crippen LogP contribution in [0.2, 0.25) is 0 Å². The van der Waals surface area contributed by atoms with E-state index in [1.54, 1.807) is 17.6 Å². The number of benzene rings is 4. The Labute approximate surface area is 223 Å². The third-order valence-corrected chi connectivity index (χ3v) is 6.95. The normalized spacial score (nSPS) is 16.0. The van der Waals surface area contributed by atoms with Crippen LogP contribution in [0.25, 0.3) is 16.8 Å². The molecule has 0 spiro atoms. The maximum atomic E-state index is 11.7. The van der Waals surface area contributed by atoms with Crippen LogP contribution in [0.5, 0.6) is 5.75 Å². The van der Waals surface area contributed by atoms with E-state index in [1.807, 2.05) is 36.4 Å². The second-order valence-electron chi connectivity index (χ2n) is 9.72. The van der Waals surface area contributed by atoms with Gasteiger partial charge in [-0.05, 0) is 46.7 Å². The summed E-state index contributed by atoms with van der Waals surface area (Å²) in [6, 6.07) is 32.5. The number of likely N-dealkylation sites (tertiary alicyclic amines) is 1. The molecule has 0 aliphatic carbocycles. The number of fused-ring (bicyclic) bond motifs is 1. The number of amides is 1. The molecule has 0 bridgehead atoms. The first-order valence-corrected chi connectivity index (χ1v) is 13.0. The lowest BCUT2D eigenvalue weighted by atomic mass is 10.1. The van der Waals surface area contributed by atoms with Crippen LogP contribution in [0, 0.1) is 0 Å². The fraction of sp³-hybridized carbons (Fsp3) is 0.219. The average Bonchev–Trinajstić information content (AvgIpc) is 3.42. The second-order valence-corrected chi connectivity index (χ2v) is 9.72. The Balaban J connectivity index is 1.27. The molecule has 4 aromatic rings. The quantitative estimate of drug-likeness (QED) is 0.201. The van der Waals surface area contributed by atoms with Gasteiger partial charge >= 0.3 is 0 Å². The minimum atomic E-state index is -0.525. The van der Waals surface area contributed by atoms with Gasteiger partial charge in [0.2, 0.25) is 0 Å². The highest BCUT2D eigenvalue weighted by molar-refractivity contribution is 5.93. The predicted octanol–water partition coefficient (Wildman–Crippen LogP) is 5.29. The van der Waals surface area contributed by atoms with Crippen LogP contribution < -0.4 is 15.5 Å². The molecule has 1 fully saturated rings. The van der Waals surface area contributed by atoms with Gasteiger partial charge < -0.3 is 10.1 Å². The summed E-state index contributed by atoms with van der Waals surface area (Å²) in [6.07, 6.45) is 3.21. The molecule has 1 aliphatic heterocycles. The Morgan fingerprint density at radius 1 is 0.947 bits per heavy atom. The van der Waals surface area contributed by atoms with E-state index in [0.717, 1.165) is 53.7 Å². The molecule has 194 valence electrons. The molecule has 0 saturated carbocycles. The van der Waals surface area contributed by atoms with E-state index in [4.69, 9.17) is 9.94 Å². The molecule has 1 heterocycles. The molecule has 1 amide bonds. The third kappa shape index (κ3) is 6.66. The van der Waals surface area contributed by atoms with Crippen molar-refractivity contribution in [1.29, 1.82) is 0 Å². The minimum absolute atomic E-state index is 0.404. The highest BCUT2D eigenvalue weighted by Crippen LogP contribution is 2.26. The van der Waals surface area contributed by atoms with Crippen molar-refractivity contribution >= 4 is 22.8 Å². The largest absolute Gasteiger partial charge is 0.489 e. The Bertz CT molecular complexity index is 1380. The van der Waals surface area contributed by atoms with Gasteiger partial charge in [0.25, 0.3) is 5.91 Å². The van der Waals surface area contributed by atoms with Crippen LogP contribution in [0.3, 0.4) is 0 Å². The summed E-state index contributed by atoms with van der Waals surface area (Å²) in [5, 5.41) is 14.9. The first kappa shape index (κ1) is 25.7. The number of hydrogen-bond acceptors (Lipinski definition) is 5. The van der Waals surface area contributed by atoms with Crippen molar-refractivity contribution in [3.8, 4) is 5.75 Å². The molecule has 6 heteroatoms. The lowest BCUT2D eigenvalue weighted by Crippen LogP contribution is -2.34. The van der Waals surface area contributed by atoms with Gasteiger partial charge in [-0.1, -0.05) is 84.9 Å². The van der Waals surface area contributed by atoms with Crippen LogP contribution in [0.1, 0.15) is 27.9 Å². The number of hydrogen-bond donors (Lipinski definition) is 3. The number of hydroxylamine groups is 1. The van der Waals surface area contributed by atoms with Crippen molar-refractivity contribution in [1.82, 2.24) is 15.7 Å². The molecular formula is C32H33N3O3. The van der Waals surface area contributed by atoms with Gasteiger partial charge in [-0.25, -0.2) is 5.48 Å². The Kier molecular flexibility index (Phi) is 8.46. The zero-order valence-corrected chi connectivity index (χ0v) is 21.3. The highest BCUT2D eigenvalue weighted by atomic mass is 16.5. The molecule has 6 nitrogen and oxygen atoms in total. The van der Waals surface area contributed by atoms with Gasteiger partial charge in [0.1, 0.15) is 12.4 Å². The van der Waals surface area contributed by atoms with E-state index in [1.165, 1.54) is 5.56 Å². The average molecular weight is 508 g/mol. The molecule has 0 radical (unpaired) electrons. The maximum Gasteiger partial charge on any atom is 0.274 e. The van der Waals surface area contributed by atoms with Crippen molar-refractivity contribution in [2.75, 3.05) is 26.2 Å². The molecule has 3 N–H and O–H groups in total. The van der Waals surface area contributed by atoms with Crippen LogP contribution in [0.15, 0.2) is 103 Å². The molecule has 1 aliphatic rings. The topological polar surface area (TPSA) is 73.8 Å². The van der Waals surface area contributed by atoms with Crippen LogP contribution in [-0.4, -0.2) is 48.3 Å². The summed E-state index contributed by atoms with van der Waals surface area (Å²) >= 11 is 0. The summed E-state index contributed by atoms with van der Waals surface area (Å²) in [6.45, 7) is 4.21. The molecule has 1 unspecified atom stereocenters. The predicted molar refractivity (Wildman–Crippen MR) is 151 cm³/mol. The zero-order valence-electron chi connectivity index (χ0n) is 21.3. The molecular weight excluding hydrogens is 474 g/mol. The summed E-state index contributed by atoms with van der Waals surface area (Å²) < 4.78 is 6.33. The third-order valence-electron chi connectivity index (χ3n) is 6.95. The molecule has 38 heavy (non-hydrogen) atoms. The molecule has 4 aromatic carbocycles. The Morgan fingerprint density at radius 2 is 1.71 bits per heavy atom. The molecule has 1 atom stereocenters. The summed E-state index contributed by atoms with van der Waals surface area (Å²) in [4.78, 5) is 14.2. The standard InChI is InChI=1S/C32H33N3O3/c36-32(34-37)28-15-13-24(14-16-28)19-26(23-38-31-12-6-10-27-9-4-5-11-30(27)31)20-33-29-17-18-35(22-29)21-25-7-2-1-3-8-25/h1-16,19,29,33,37H,17-18,20-23H2,(H,34,36). The van der Waals surface area contributed by atoms with Gasteiger partial charge in [-0.3, -0.25) is 14.9 Å². The van der Waals surface area contributed by atoms with Crippen molar-refractivity contribution in [3.05, 3.63) is 119 Å². The lowest BCUT2D eigenvalue weighted by Gasteiger charge is -2.18. The van der Waals surface area contributed by atoms with Crippen LogP contribution in [0.4, 0.5) is 0 Å². The number of rotatable bonds is 10. The SMILES string of the molecule is O=C(NO)c1ccc(C=C(CNC2CCN(Cc3ccccc3)C2)COc2cccc3ccccc23)cc1. The summed E-state index contributed by atoms with van der Waals surface area (Å²) in [7, 11) is 0. The van der Waals surface area contributed by atoms with Gasteiger partial charge in [0.15, 0.2) is 0 Å². The van der Waals surface area contributed by atoms with Gasteiger partial charge in [0, 0.05) is 43.2 Å². The van der Waals surface area contributed by atoms with E-state index in [2.05, 4.69) is 64.8 Å². The number of carbonyl (C=O) groups is 1. The monoisotopic (exact) mass is 507 g/mol. The van der Waals surface area contributed by atoms with Gasteiger partial charge in [-0.15, -0.1) is 0 Å². The summed E-state index contributed by atoms with van der Waals surface area (Å²) in [5.41, 5.74) is 5.50. The number of nitrogens with one attached hydrogen (secondary N) is 2. The first-order chi connectivity index (χ1) is 18.7. The van der Waals surface area contributed by atoms with Gasteiger partial charge in [-0.2, -0.15) is 0 Å². The number of carbonyl (C=O) groups excluding carboxylic acids is 1.